The van der Waals surface area contributed by atoms with Crippen LogP contribution in [0, 0.1) is 17.6 Å². The number of aliphatic carboxylic acids is 1. The predicted octanol–water partition coefficient (Wildman–Crippen LogP) is 3.38. The maximum Gasteiger partial charge on any atom is 0.303 e. The first-order chi connectivity index (χ1) is 16.9. The molecule has 0 aliphatic carbocycles. The van der Waals surface area contributed by atoms with Crippen LogP contribution in [0.5, 0.6) is 0 Å². The fourth-order valence-corrected chi connectivity index (χ4v) is 4.67. The molecule has 8 nitrogen and oxygen atoms in total. The number of benzene rings is 1. The summed E-state index contributed by atoms with van der Waals surface area (Å²) in [6.45, 7) is 1.10. The number of anilines is 1. The van der Waals surface area contributed by atoms with E-state index in [-0.39, 0.29) is 30.4 Å². The Bertz CT molecular complexity index is 1240. The van der Waals surface area contributed by atoms with Gasteiger partial charge in [-0.2, -0.15) is 0 Å². The van der Waals surface area contributed by atoms with Crippen LogP contribution < -0.4 is 10.2 Å². The lowest BCUT2D eigenvalue weighted by atomic mass is 9.93. The summed E-state index contributed by atoms with van der Waals surface area (Å²) < 4.78 is 35.1. The highest BCUT2D eigenvalue weighted by molar-refractivity contribution is 6.02. The van der Waals surface area contributed by atoms with Gasteiger partial charge in [-0.05, 0) is 48.6 Å². The maximum absolute atomic E-state index is 15.0. The molecule has 0 amide bonds. The number of aromatic nitrogens is 1. The molecule has 3 aliphatic rings. The Kier molecular flexibility index (Phi) is 6.19. The summed E-state index contributed by atoms with van der Waals surface area (Å²) in [6, 6.07) is 5.78. The van der Waals surface area contributed by atoms with E-state index in [1.54, 1.807) is 18.2 Å². The number of nitrogens with zero attached hydrogens (tertiary/aromatic N) is 4. The van der Waals surface area contributed by atoms with Crippen LogP contribution in [-0.4, -0.2) is 60.2 Å². The number of nitrogens with one attached hydrogen (secondary N) is 1. The van der Waals surface area contributed by atoms with Crippen molar-refractivity contribution >= 4 is 23.5 Å². The van der Waals surface area contributed by atoms with Gasteiger partial charge in [0.15, 0.2) is 11.6 Å². The van der Waals surface area contributed by atoms with Gasteiger partial charge in [-0.1, -0.05) is 12.1 Å². The summed E-state index contributed by atoms with van der Waals surface area (Å²) in [5.74, 6) is -0.578. The SMILES string of the molecule is COC1=NC2NC(c3ccc(-c4cnc(N5CCC(CC(=O)O)CC5)c(F)c4)cc3F)=NC2C=C1. The second kappa shape index (κ2) is 9.44. The number of ether oxygens (including phenoxy) is 1. The summed E-state index contributed by atoms with van der Waals surface area (Å²) in [5, 5.41) is 12.1. The van der Waals surface area contributed by atoms with Gasteiger partial charge in [0.25, 0.3) is 0 Å². The monoisotopic (exact) mass is 481 g/mol. The van der Waals surface area contributed by atoms with Crippen molar-refractivity contribution in [1.29, 1.82) is 0 Å². The van der Waals surface area contributed by atoms with E-state index in [1.807, 2.05) is 11.0 Å². The molecule has 0 bridgehead atoms. The molecule has 1 aromatic heterocycles. The summed E-state index contributed by atoms with van der Waals surface area (Å²) >= 11 is 0. The van der Waals surface area contributed by atoms with E-state index in [4.69, 9.17) is 9.84 Å². The van der Waals surface area contributed by atoms with Gasteiger partial charge in [0.1, 0.15) is 23.9 Å². The number of carboxylic acids is 1. The second-order valence-corrected chi connectivity index (χ2v) is 8.84. The van der Waals surface area contributed by atoms with Crippen LogP contribution in [0.25, 0.3) is 11.1 Å². The van der Waals surface area contributed by atoms with Crippen LogP contribution in [0.15, 0.2) is 52.6 Å². The molecule has 1 aromatic carbocycles. The minimum absolute atomic E-state index is 0.0975. The molecule has 2 unspecified atom stereocenters. The van der Waals surface area contributed by atoms with Crippen LogP contribution in [0.3, 0.4) is 0 Å². The molecule has 0 radical (unpaired) electrons. The number of hydrogen-bond acceptors (Lipinski definition) is 7. The molecule has 10 heteroatoms. The van der Waals surface area contributed by atoms with Gasteiger partial charge in [0.2, 0.25) is 5.90 Å². The van der Waals surface area contributed by atoms with Crippen molar-refractivity contribution in [3.05, 3.63) is 59.8 Å². The molecule has 0 saturated carbocycles. The molecular formula is C25H25F2N5O3. The zero-order valence-electron chi connectivity index (χ0n) is 19.1. The van der Waals surface area contributed by atoms with Gasteiger partial charge in [-0.15, -0.1) is 0 Å². The van der Waals surface area contributed by atoms with Crippen LogP contribution in [0.2, 0.25) is 0 Å². The van der Waals surface area contributed by atoms with Gasteiger partial charge in [-0.3, -0.25) is 9.79 Å². The Balaban J connectivity index is 1.30. The highest BCUT2D eigenvalue weighted by atomic mass is 19.1. The number of rotatable bonds is 5. The molecule has 2 aromatic rings. The fourth-order valence-electron chi connectivity index (χ4n) is 4.67. The normalized spacial score (nSPS) is 21.7. The zero-order chi connectivity index (χ0) is 24.5. The van der Waals surface area contributed by atoms with Gasteiger partial charge >= 0.3 is 5.97 Å². The highest BCUT2D eigenvalue weighted by Crippen LogP contribution is 2.29. The Morgan fingerprint density at radius 1 is 1.17 bits per heavy atom. The number of piperidine rings is 1. The van der Waals surface area contributed by atoms with E-state index < -0.39 is 17.6 Å². The smallest absolute Gasteiger partial charge is 0.303 e. The minimum atomic E-state index is -0.810. The zero-order valence-corrected chi connectivity index (χ0v) is 19.1. The molecule has 3 aliphatic heterocycles. The minimum Gasteiger partial charge on any atom is -0.481 e. The van der Waals surface area contributed by atoms with Crippen LogP contribution >= 0.6 is 0 Å². The first-order valence-electron chi connectivity index (χ1n) is 11.5. The third-order valence-electron chi connectivity index (χ3n) is 6.55. The number of hydrogen-bond donors (Lipinski definition) is 2. The van der Waals surface area contributed by atoms with Crippen molar-refractivity contribution in [3.63, 3.8) is 0 Å². The van der Waals surface area contributed by atoms with Crippen molar-refractivity contribution in [2.45, 2.75) is 31.5 Å². The molecule has 2 atom stereocenters. The van der Waals surface area contributed by atoms with Gasteiger partial charge in [-0.25, -0.2) is 18.8 Å². The van der Waals surface area contributed by atoms with E-state index in [0.717, 1.165) is 0 Å². The number of amidine groups is 1. The number of fused-ring (bicyclic) bond motifs is 1. The Morgan fingerprint density at radius 3 is 2.63 bits per heavy atom. The standard InChI is InChI=1S/C25H25F2N5O3/c1-35-21-5-4-20-24(30-21)31-23(29-20)17-3-2-15(11-18(17)26)16-12-19(27)25(28-13-16)32-8-6-14(7-9-32)10-22(33)34/h2-5,11-14,20,24H,6-10H2,1H3,(H,29,31)(H,33,34). The summed E-state index contributed by atoms with van der Waals surface area (Å²) in [5.41, 5.74) is 1.27. The first kappa shape index (κ1) is 22.9. The second-order valence-electron chi connectivity index (χ2n) is 8.84. The molecule has 2 N–H and O–H groups in total. The van der Waals surface area contributed by atoms with E-state index in [0.29, 0.717) is 54.4 Å². The largest absolute Gasteiger partial charge is 0.481 e. The van der Waals surface area contributed by atoms with Gasteiger partial charge < -0.3 is 20.1 Å². The molecule has 5 rings (SSSR count). The van der Waals surface area contributed by atoms with Crippen LogP contribution in [0.4, 0.5) is 14.6 Å². The molecule has 1 saturated heterocycles. The first-order valence-corrected chi connectivity index (χ1v) is 11.5. The number of carbonyl (C=O) groups is 1. The Morgan fingerprint density at radius 2 is 1.94 bits per heavy atom. The third kappa shape index (κ3) is 4.73. The summed E-state index contributed by atoms with van der Waals surface area (Å²) in [7, 11) is 1.53. The van der Waals surface area contributed by atoms with Crippen molar-refractivity contribution in [2.24, 2.45) is 15.9 Å². The quantitative estimate of drug-likeness (QED) is 0.680. The average Bonchev–Trinajstić information content (AvgIpc) is 3.27. The highest BCUT2D eigenvalue weighted by Gasteiger charge is 2.31. The third-order valence-corrected chi connectivity index (χ3v) is 6.55. The summed E-state index contributed by atoms with van der Waals surface area (Å²) in [4.78, 5) is 25.9. The van der Waals surface area contributed by atoms with Crippen molar-refractivity contribution < 1.29 is 23.4 Å². The molecule has 35 heavy (non-hydrogen) atoms. The van der Waals surface area contributed by atoms with Crippen molar-refractivity contribution in [2.75, 3.05) is 25.1 Å². The number of pyridine rings is 1. The van der Waals surface area contributed by atoms with Crippen molar-refractivity contribution in [3.8, 4) is 11.1 Å². The number of carboxylic acid groups (broad SMARTS) is 1. The van der Waals surface area contributed by atoms with Crippen LogP contribution in [0.1, 0.15) is 24.8 Å². The lowest BCUT2D eigenvalue weighted by Gasteiger charge is -2.32. The fraction of sp³-hybridized carbons (Fsp3) is 0.360. The van der Waals surface area contributed by atoms with Gasteiger partial charge in [0.05, 0.1) is 12.7 Å². The summed E-state index contributed by atoms with van der Waals surface area (Å²) in [6.07, 6.45) is 6.26. The molecular weight excluding hydrogens is 456 g/mol. The number of dihydropyridines is 1. The van der Waals surface area contributed by atoms with Crippen molar-refractivity contribution in [1.82, 2.24) is 10.3 Å². The van der Waals surface area contributed by atoms with E-state index >= 15 is 4.39 Å². The lowest BCUT2D eigenvalue weighted by Crippen LogP contribution is -2.35. The van der Waals surface area contributed by atoms with Gasteiger partial charge in [0, 0.05) is 31.3 Å². The number of aliphatic imine (C=N–C) groups is 2. The molecule has 1 fully saturated rings. The van der Waals surface area contributed by atoms with E-state index in [9.17, 15) is 9.18 Å². The average molecular weight is 482 g/mol. The number of halogens is 2. The molecule has 0 spiro atoms. The predicted molar refractivity (Wildman–Crippen MR) is 128 cm³/mol. The molecule has 182 valence electrons. The maximum atomic E-state index is 15.0. The lowest BCUT2D eigenvalue weighted by molar-refractivity contribution is -0.138. The molecule has 4 heterocycles. The Hall–Kier alpha value is -3.82. The van der Waals surface area contributed by atoms with E-state index in [2.05, 4.69) is 20.3 Å². The van der Waals surface area contributed by atoms with E-state index in [1.165, 1.54) is 25.4 Å². The van der Waals surface area contributed by atoms with Crippen LogP contribution in [-0.2, 0) is 9.53 Å². The topological polar surface area (TPSA) is 99.4 Å². The number of methoxy groups -OCH3 is 1. The Labute approximate surface area is 201 Å².